The number of carbonyl (C=O) groups is 1. The summed E-state index contributed by atoms with van der Waals surface area (Å²) in [4.78, 5) is 14.5. The third-order valence-corrected chi connectivity index (χ3v) is 4.10. The highest BCUT2D eigenvalue weighted by atomic mass is 16.4. The molecular formula is C15H16N2O3. The van der Waals surface area contributed by atoms with Crippen LogP contribution in [-0.2, 0) is 6.42 Å². The van der Waals surface area contributed by atoms with E-state index in [-0.39, 0.29) is 5.92 Å². The SMILES string of the molecule is CCC1/C(=N\O)CCc2c1[nH]c1ccc(C(=O)O)cc21. The van der Waals surface area contributed by atoms with E-state index in [1.807, 2.05) is 0 Å². The Labute approximate surface area is 115 Å². The number of fused-ring (bicyclic) bond motifs is 3. The van der Waals surface area contributed by atoms with Crippen molar-refractivity contribution < 1.29 is 15.1 Å². The van der Waals surface area contributed by atoms with E-state index in [1.54, 1.807) is 18.2 Å². The van der Waals surface area contributed by atoms with Crippen molar-refractivity contribution in [1.82, 2.24) is 4.98 Å². The highest BCUT2D eigenvalue weighted by Gasteiger charge is 2.28. The van der Waals surface area contributed by atoms with Gasteiger partial charge in [-0.3, -0.25) is 0 Å². The number of H-pyrrole nitrogens is 1. The summed E-state index contributed by atoms with van der Waals surface area (Å²) in [5.74, 6) is -0.827. The molecule has 2 aromatic rings. The van der Waals surface area contributed by atoms with E-state index in [9.17, 15) is 4.79 Å². The number of oxime groups is 1. The minimum absolute atomic E-state index is 0.0874. The van der Waals surface area contributed by atoms with Crippen molar-refractivity contribution in [3.8, 4) is 0 Å². The van der Waals surface area contributed by atoms with Gasteiger partial charge >= 0.3 is 5.97 Å². The number of aromatic amines is 1. The second-order valence-corrected chi connectivity index (χ2v) is 5.13. The van der Waals surface area contributed by atoms with Gasteiger partial charge in [0.25, 0.3) is 0 Å². The Hall–Kier alpha value is -2.30. The Balaban J connectivity index is 2.21. The molecule has 1 aliphatic rings. The second kappa shape index (κ2) is 4.67. The number of carboxylic acids is 1. The van der Waals surface area contributed by atoms with Gasteiger partial charge in [-0.2, -0.15) is 0 Å². The first-order chi connectivity index (χ1) is 9.65. The molecule has 0 fully saturated rings. The van der Waals surface area contributed by atoms with Crippen LogP contribution in [0.4, 0.5) is 0 Å². The van der Waals surface area contributed by atoms with Crippen LogP contribution >= 0.6 is 0 Å². The summed E-state index contributed by atoms with van der Waals surface area (Å²) in [6.45, 7) is 2.05. The lowest BCUT2D eigenvalue weighted by Gasteiger charge is -2.22. The molecule has 1 aliphatic carbocycles. The molecule has 5 heteroatoms. The lowest BCUT2D eigenvalue weighted by atomic mass is 9.83. The maximum Gasteiger partial charge on any atom is 0.335 e. The molecule has 5 nitrogen and oxygen atoms in total. The number of rotatable bonds is 2. The van der Waals surface area contributed by atoms with Crippen LogP contribution in [-0.4, -0.2) is 27.0 Å². The van der Waals surface area contributed by atoms with E-state index in [0.29, 0.717) is 12.0 Å². The zero-order valence-electron chi connectivity index (χ0n) is 11.2. The average molecular weight is 272 g/mol. The summed E-state index contributed by atoms with van der Waals surface area (Å²) < 4.78 is 0. The van der Waals surface area contributed by atoms with Gasteiger partial charge in [0.1, 0.15) is 0 Å². The minimum Gasteiger partial charge on any atom is -0.478 e. The van der Waals surface area contributed by atoms with Gasteiger partial charge in [-0.05, 0) is 43.0 Å². The Morgan fingerprint density at radius 2 is 2.25 bits per heavy atom. The van der Waals surface area contributed by atoms with Gasteiger partial charge in [0.15, 0.2) is 0 Å². The molecule has 0 bridgehead atoms. The molecule has 1 aromatic heterocycles. The zero-order valence-corrected chi connectivity index (χ0v) is 11.2. The molecule has 20 heavy (non-hydrogen) atoms. The van der Waals surface area contributed by atoms with Crippen LogP contribution in [0.2, 0.25) is 0 Å². The average Bonchev–Trinajstić information content (AvgIpc) is 2.83. The maximum atomic E-state index is 11.1. The zero-order chi connectivity index (χ0) is 14.3. The minimum atomic E-state index is -0.915. The molecule has 1 unspecified atom stereocenters. The molecule has 0 radical (unpaired) electrons. The Bertz CT molecular complexity index is 715. The van der Waals surface area contributed by atoms with Crippen LogP contribution in [0.5, 0.6) is 0 Å². The fraction of sp³-hybridized carbons (Fsp3) is 0.333. The van der Waals surface area contributed by atoms with E-state index in [0.717, 1.165) is 40.7 Å². The number of aromatic nitrogens is 1. The van der Waals surface area contributed by atoms with Crippen LogP contribution in [0.1, 0.15) is 47.3 Å². The predicted octanol–water partition coefficient (Wildman–Crippen LogP) is 3.14. The predicted molar refractivity (Wildman–Crippen MR) is 75.8 cm³/mol. The summed E-state index contributed by atoms with van der Waals surface area (Å²) in [5.41, 5.74) is 4.25. The van der Waals surface area contributed by atoms with Crippen LogP contribution in [0.15, 0.2) is 23.4 Å². The van der Waals surface area contributed by atoms with Crippen molar-refractivity contribution in [3.63, 3.8) is 0 Å². The third-order valence-electron chi connectivity index (χ3n) is 4.10. The fourth-order valence-corrected chi connectivity index (χ4v) is 3.12. The molecule has 3 N–H and O–H groups in total. The van der Waals surface area contributed by atoms with Crippen molar-refractivity contribution >= 4 is 22.6 Å². The summed E-state index contributed by atoms with van der Waals surface area (Å²) >= 11 is 0. The van der Waals surface area contributed by atoms with Gasteiger partial charge in [-0.25, -0.2) is 4.79 Å². The molecule has 1 heterocycles. The fourth-order valence-electron chi connectivity index (χ4n) is 3.12. The van der Waals surface area contributed by atoms with Gasteiger partial charge in [0, 0.05) is 22.5 Å². The number of nitrogens with zero attached hydrogens (tertiary/aromatic N) is 1. The molecule has 0 saturated carbocycles. The van der Waals surface area contributed by atoms with E-state index >= 15 is 0 Å². The Morgan fingerprint density at radius 3 is 2.90 bits per heavy atom. The summed E-state index contributed by atoms with van der Waals surface area (Å²) in [6, 6.07) is 5.13. The Morgan fingerprint density at radius 1 is 1.45 bits per heavy atom. The van der Waals surface area contributed by atoms with E-state index in [2.05, 4.69) is 17.1 Å². The van der Waals surface area contributed by atoms with Gasteiger partial charge in [0.05, 0.1) is 11.3 Å². The number of hydrogen-bond acceptors (Lipinski definition) is 3. The van der Waals surface area contributed by atoms with E-state index < -0.39 is 5.97 Å². The number of carboxylic acid groups (broad SMARTS) is 1. The number of aryl methyl sites for hydroxylation is 1. The monoisotopic (exact) mass is 272 g/mol. The Kier molecular flexibility index (Phi) is 2.97. The third kappa shape index (κ3) is 1.78. The topological polar surface area (TPSA) is 85.7 Å². The molecule has 0 aliphatic heterocycles. The molecular weight excluding hydrogens is 256 g/mol. The maximum absolute atomic E-state index is 11.1. The van der Waals surface area contributed by atoms with Crippen molar-refractivity contribution in [1.29, 1.82) is 0 Å². The molecule has 3 rings (SSSR count). The number of aromatic carboxylic acids is 1. The van der Waals surface area contributed by atoms with Crippen LogP contribution < -0.4 is 0 Å². The molecule has 0 amide bonds. The molecule has 104 valence electrons. The van der Waals surface area contributed by atoms with Gasteiger partial charge < -0.3 is 15.3 Å². The first-order valence-electron chi connectivity index (χ1n) is 6.74. The molecule has 1 atom stereocenters. The van der Waals surface area contributed by atoms with Crippen molar-refractivity contribution in [2.24, 2.45) is 5.16 Å². The lowest BCUT2D eigenvalue weighted by Crippen LogP contribution is -2.20. The van der Waals surface area contributed by atoms with E-state index in [4.69, 9.17) is 10.3 Å². The highest BCUT2D eigenvalue weighted by molar-refractivity contribution is 5.99. The molecule has 1 aromatic carbocycles. The largest absolute Gasteiger partial charge is 0.478 e. The van der Waals surface area contributed by atoms with Crippen molar-refractivity contribution in [2.45, 2.75) is 32.1 Å². The van der Waals surface area contributed by atoms with Crippen molar-refractivity contribution in [2.75, 3.05) is 0 Å². The normalized spacial score (nSPS) is 20.2. The lowest BCUT2D eigenvalue weighted by molar-refractivity contribution is 0.0697. The first-order valence-corrected chi connectivity index (χ1v) is 6.74. The van der Waals surface area contributed by atoms with Gasteiger partial charge in [0.2, 0.25) is 0 Å². The smallest absolute Gasteiger partial charge is 0.335 e. The summed E-state index contributed by atoms with van der Waals surface area (Å²) in [6.07, 6.45) is 2.34. The number of hydrogen-bond donors (Lipinski definition) is 3. The van der Waals surface area contributed by atoms with Crippen LogP contribution in [0, 0.1) is 0 Å². The van der Waals surface area contributed by atoms with Gasteiger partial charge in [-0.1, -0.05) is 12.1 Å². The second-order valence-electron chi connectivity index (χ2n) is 5.13. The highest BCUT2D eigenvalue weighted by Crippen LogP contribution is 2.36. The quantitative estimate of drug-likeness (QED) is 0.580. The van der Waals surface area contributed by atoms with Crippen LogP contribution in [0.25, 0.3) is 10.9 Å². The standard InChI is InChI=1S/C15H16N2O3/c1-2-9-13(17-20)6-4-10-11-7-8(15(18)19)3-5-12(11)16-14(9)10/h3,5,7,9,16,20H,2,4,6H2,1H3,(H,18,19)/b17-13-. The van der Waals surface area contributed by atoms with E-state index in [1.165, 1.54) is 0 Å². The molecule has 0 saturated heterocycles. The number of nitrogens with one attached hydrogen (secondary N) is 1. The first kappa shape index (κ1) is 12.7. The number of benzene rings is 1. The van der Waals surface area contributed by atoms with Gasteiger partial charge in [-0.15, -0.1) is 0 Å². The van der Waals surface area contributed by atoms with Crippen LogP contribution in [0.3, 0.4) is 0 Å². The summed E-state index contributed by atoms with van der Waals surface area (Å²) in [5, 5.41) is 22.6. The molecule has 0 spiro atoms. The summed E-state index contributed by atoms with van der Waals surface area (Å²) in [7, 11) is 0. The van der Waals surface area contributed by atoms with Crippen molar-refractivity contribution in [3.05, 3.63) is 35.0 Å².